The Morgan fingerprint density at radius 2 is 2.06 bits per heavy atom. The van der Waals surface area contributed by atoms with E-state index in [4.69, 9.17) is 44.1 Å². The minimum atomic E-state index is -1.73. The Morgan fingerprint density at radius 3 is 2.58 bits per heavy atom. The van der Waals surface area contributed by atoms with Crippen LogP contribution in [0.2, 0.25) is 4.34 Å². The van der Waals surface area contributed by atoms with Crippen LogP contribution >= 0.6 is 34.5 Å². The van der Waals surface area contributed by atoms with Crippen molar-refractivity contribution in [3.05, 3.63) is 26.3 Å². The van der Waals surface area contributed by atoms with Gasteiger partial charge in [-0.3, -0.25) is 18.7 Å². The van der Waals surface area contributed by atoms with Crippen LogP contribution in [0.25, 0.3) is 0 Å². The van der Waals surface area contributed by atoms with E-state index in [0.29, 0.717) is 5.01 Å². The van der Waals surface area contributed by atoms with Gasteiger partial charge in [0, 0.05) is 5.88 Å². The highest BCUT2D eigenvalue weighted by atomic mass is 35.5. The number of fused-ring (bicyclic) bond motifs is 1. The van der Waals surface area contributed by atoms with E-state index in [1.54, 1.807) is 13.8 Å². The highest BCUT2D eigenvalue weighted by molar-refractivity contribution is 7.86. The summed E-state index contributed by atoms with van der Waals surface area (Å²) in [5.74, 6) is -4.04. The molecule has 36 heavy (non-hydrogen) atoms. The largest absolute Gasteiger partial charge is 0.541 e. The van der Waals surface area contributed by atoms with E-state index < -0.39 is 57.8 Å². The van der Waals surface area contributed by atoms with Crippen LogP contribution in [0, 0.1) is 6.92 Å². The van der Waals surface area contributed by atoms with Crippen molar-refractivity contribution in [2.45, 2.75) is 37.8 Å². The van der Waals surface area contributed by atoms with Crippen LogP contribution in [0.3, 0.4) is 0 Å². The zero-order valence-electron chi connectivity index (χ0n) is 18.7. The summed E-state index contributed by atoms with van der Waals surface area (Å²) in [4.78, 5) is 60.2. The van der Waals surface area contributed by atoms with Gasteiger partial charge in [0.2, 0.25) is 6.10 Å². The van der Waals surface area contributed by atoms with Crippen LogP contribution in [-0.4, -0.2) is 88.8 Å². The molecule has 188 valence electrons. The summed E-state index contributed by atoms with van der Waals surface area (Å²) >= 11 is 13.1. The van der Waals surface area contributed by atoms with Gasteiger partial charge >= 0.3 is 28.0 Å². The predicted molar refractivity (Wildman–Crippen MR) is 131 cm³/mol. The van der Waals surface area contributed by atoms with Gasteiger partial charge in [0.25, 0.3) is 11.8 Å². The molecule has 4 atom stereocenters. The smallest absolute Gasteiger partial charge is 0.378 e. The van der Waals surface area contributed by atoms with E-state index in [-0.39, 0.29) is 39.4 Å². The van der Waals surface area contributed by atoms with Crippen LogP contribution in [-0.2, 0) is 44.1 Å². The molecular weight excluding hydrogens is 557 g/mol. The van der Waals surface area contributed by atoms with Gasteiger partial charge in [-0.1, -0.05) is 23.7 Å². The Labute approximate surface area is 224 Å². The number of alkyl halides is 1. The van der Waals surface area contributed by atoms with Gasteiger partial charge in [0.1, 0.15) is 27.1 Å². The molecule has 0 saturated carbocycles. The number of halogens is 2. The molecule has 0 aromatic carbocycles. The monoisotopic (exact) mass is 572 g/mol. The third-order valence-electron chi connectivity index (χ3n) is 5.11. The first-order valence-corrected chi connectivity index (χ1v) is 13.2. The SMILES string of the molecule is [B]OC(=O)C1=C(CCl)CS(=O)[C@@H]2[C@H](NC(=O)/C(=N\O[C@H](CC)C(=O)O[B])c3nc(C)sc3Cl)C(=O)N12. The number of hydrogen-bond acceptors (Lipinski definition) is 11. The molecular formula is C18H16B2Cl2N4O8S2. The molecule has 0 aliphatic carbocycles. The number of oxime groups is 1. The number of carbonyl (C=O) groups excluding carboxylic acids is 4. The Bertz CT molecular complexity index is 1190. The summed E-state index contributed by atoms with van der Waals surface area (Å²) in [7, 11) is 8.12. The molecule has 1 aromatic rings. The molecule has 12 nitrogen and oxygen atoms in total. The summed E-state index contributed by atoms with van der Waals surface area (Å²) in [6.07, 6.45) is -1.14. The van der Waals surface area contributed by atoms with Crippen molar-refractivity contribution < 1.29 is 37.5 Å². The molecule has 1 saturated heterocycles. The second-order valence-electron chi connectivity index (χ2n) is 7.30. The Hall–Kier alpha value is -2.42. The average molecular weight is 573 g/mol. The van der Waals surface area contributed by atoms with E-state index in [0.717, 1.165) is 16.2 Å². The average Bonchev–Trinajstić information content (AvgIpc) is 3.20. The minimum absolute atomic E-state index is 0.0715. The molecule has 4 radical (unpaired) electrons. The maximum atomic E-state index is 13.2. The van der Waals surface area contributed by atoms with E-state index in [2.05, 4.69) is 24.8 Å². The molecule has 2 amide bonds. The Kier molecular flexibility index (Phi) is 9.19. The summed E-state index contributed by atoms with van der Waals surface area (Å²) in [5.41, 5.74) is -0.552. The molecule has 18 heteroatoms. The van der Waals surface area contributed by atoms with Gasteiger partial charge < -0.3 is 19.5 Å². The number of nitrogens with one attached hydrogen (secondary N) is 1. The quantitative estimate of drug-likeness (QED) is 0.139. The number of hydrogen-bond donors (Lipinski definition) is 1. The number of β-lactam (4-membered cyclic amide) rings is 1. The lowest BCUT2D eigenvalue weighted by atomic mass is 10.0. The topological polar surface area (TPSA) is 154 Å². The van der Waals surface area contributed by atoms with Gasteiger partial charge in [-0.25, -0.2) is 14.6 Å². The molecule has 3 rings (SSSR count). The first-order chi connectivity index (χ1) is 17.1. The number of nitrogens with zero attached hydrogens (tertiary/aromatic N) is 3. The first kappa shape index (κ1) is 28.2. The number of amides is 2. The molecule has 1 aromatic heterocycles. The third-order valence-corrected chi connectivity index (χ3v) is 8.25. The fraction of sp³-hybridized carbons (Fsp3) is 0.444. The van der Waals surface area contributed by atoms with Crippen molar-refractivity contribution in [2.75, 3.05) is 11.6 Å². The van der Waals surface area contributed by atoms with Gasteiger partial charge in [-0.15, -0.1) is 22.9 Å². The van der Waals surface area contributed by atoms with Gasteiger partial charge in [-0.2, -0.15) is 0 Å². The number of rotatable bonds is 9. The number of thiazole rings is 1. The van der Waals surface area contributed by atoms with Gasteiger partial charge in [0.15, 0.2) is 5.71 Å². The van der Waals surface area contributed by atoms with E-state index in [1.807, 2.05) is 0 Å². The normalized spacial score (nSPS) is 22.3. The summed E-state index contributed by atoms with van der Waals surface area (Å²) in [5, 5.41) is 5.55. The molecule has 1 fully saturated rings. The van der Waals surface area contributed by atoms with E-state index in [1.165, 1.54) is 0 Å². The van der Waals surface area contributed by atoms with Gasteiger partial charge in [-0.05, 0) is 18.9 Å². The fourth-order valence-corrected chi connectivity index (χ4v) is 6.55. The highest BCUT2D eigenvalue weighted by Gasteiger charge is 2.57. The molecule has 2 aliphatic heterocycles. The lowest BCUT2D eigenvalue weighted by Gasteiger charge is -2.49. The zero-order chi connectivity index (χ0) is 26.7. The van der Waals surface area contributed by atoms with Crippen molar-refractivity contribution in [3.8, 4) is 0 Å². The number of carbonyl (C=O) groups is 4. The summed E-state index contributed by atoms with van der Waals surface area (Å²) in [6, 6.07) is -1.31. The first-order valence-electron chi connectivity index (χ1n) is 10.1. The van der Waals surface area contributed by atoms with Crippen LogP contribution in [0.15, 0.2) is 16.4 Å². The third kappa shape index (κ3) is 5.31. The van der Waals surface area contributed by atoms with Crippen LogP contribution in [0.4, 0.5) is 0 Å². The summed E-state index contributed by atoms with van der Waals surface area (Å²) < 4.78 is 21.3. The van der Waals surface area contributed by atoms with Crippen LogP contribution in [0.5, 0.6) is 0 Å². The molecule has 1 unspecified atom stereocenters. The second kappa shape index (κ2) is 11.8. The lowest BCUT2D eigenvalue weighted by molar-refractivity contribution is -0.149. The zero-order valence-corrected chi connectivity index (χ0v) is 21.8. The number of aromatic nitrogens is 1. The van der Waals surface area contributed by atoms with E-state index >= 15 is 0 Å². The van der Waals surface area contributed by atoms with Crippen LogP contribution < -0.4 is 5.32 Å². The van der Waals surface area contributed by atoms with Crippen molar-refractivity contribution in [2.24, 2.45) is 5.16 Å². The van der Waals surface area contributed by atoms with Crippen molar-refractivity contribution in [3.63, 3.8) is 0 Å². The second-order valence-corrected chi connectivity index (χ2v) is 10.9. The van der Waals surface area contributed by atoms with Crippen molar-refractivity contribution in [1.82, 2.24) is 15.2 Å². The predicted octanol–water partition coefficient (Wildman–Crippen LogP) is -0.234. The minimum Gasteiger partial charge on any atom is -0.541 e. The molecule has 3 heterocycles. The highest BCUT2D eigenvalue weighted by Crippen LogP contribution is 2.36. The molecule has 0 spiro atoms. The van der Waals surface area contributed by atoms with Crippen molar-refractivity contribution in [1.29, 1.82) is 0 Å². The summed E-state index contributed by atoms with van der Waals surface area (Å²) in [6.45, 7) is 3.22. The Balaban J connectivity index is 1.91. The molecule has 2 aliphatic rings. The maximum Gasteiger partial charge on any atom is 0.378 e. The lowest BCUT2D eigenvalue weighted by Crippen LogP contribution is -2.74. The number of aryl methyl sites for hydroxylation is 1. The van der Waals surface area contributed by atoms with E-state index in [9.17, 15) is 23.4 Å². The molecule has 1 N–H and O–H groups in total. The Morgan fingerprint density at radius 1 is 1.36 bits per heavy atom. The van der Waals surface area contributed by atoms with Gasteiger partial charge in [0.05, 0.1) is 21.6 Å². The van der Waals surface area contributed by atoms with Crippen molar-refractivity contribution >= 4 is 90.9 Å². The van der Waals surface area contributed by atoms with Crippen LogP contribution in [0.1, 0.15) is 24.0 Å². The maximum absolute atomic E-state index is 13.2. The fourth-order valence-electron chi connectivity index (χ4n) is 3.43. The standard InChI is InChI=1S/C18H16B2Cl2N4O8S2/c1-3-8(17(29)32-19)34-25-10(9-13(22)35-6(2)23-9)14(27)24-11-15(28)26-12(18(30)33-20)7(4-21)5-36(31)16(11)26/h8,11,16H,3-5H2,1-2H3,(H,24,27)/b25-10-/t8-,11-,16-,36?/m1/s1. The molecule has 0 bridgehead atoms.